The number of carbonyl (C=O) groups is 2. The molecule has 0 aliphatic carbocycles. The number of esters is 1. The van der Waals surface area contributed by atoms with Gasteiger partial charge in [-0.25, -0.2) is 9.18 Å². The zero-order valence-corrected chi connectivity index (χ0v) is 15.7. The zero-order chi connectivity index (χ0) is 19.6. The summed E-state index contributed by atoms with van der Waals surface area (Å²) in [6, 6.07) is 4.08. The molecule has 3 rings (SSSR count). The van der Waals surface area contributed by atoms with Gasteiger partial charge in [-0.2, -0.15) is 0 Å². The van der Waals surface area contributed by atoms with Gasteiger partial charge in [-0.3, -0.25) is 9.69 Å². The Bertz CT molecular complexity index is 841. The molecule has 1 aliphatic rings. The SMILES string of the molecule is COC(=O)c1[nH]c2ccc(F)cc2c1NC(=O)CCN1C[C@@H](C)O[C@@H](C)C1. The van der Waals surface area contributed by atoms with Gasteiger partial charge >= 0.3 is 5.97 Å². The summed E-state index contributed by atoms with van der Waals surface area (Å²) in [6.07, 6.45) is 0.501. The molecule has 0 spiro atoms. The highest BCUT2D eigenvalue weighted by Gasteiger charge is 2.24. The molecule has 1 aliphatic heterocycles. The number of halogens is 1. The van der Waals surface area contributed by atoms with Crippen LogP contribution in [0.2, 0.25) is 0 Å². The monoisotopic (exact) mass is 377 g/mol. The molecule has 2 aromatic rings. The van der Waals surface area contributed by atoms with E-state index in [0.29, 0.717) is 17.4 Å². The molecule has 0 bridgehead atoms. The highest BCUT2D eigenvalue weighted by Crippen LogP contribution is 2.29. The maximum Gasteiger partial charge on any atom is 0.356 e. The van der Waals surface area contributed by atoms with Crippen molar-refractivity contribution in [1.82, 2.24) is 9.88 Å². The Labute approximate surface area is 156 Å². The smallest absolute Gasteiger partial charge is 0.356 e. The number of methoxy groups -OCH3 is 1. The van der Waals surface area contributed by atoms with Crippen LogP contribution in [0.25, 0.3) is 10.9 Å². The van der Waals surface area contributed by atoms with Gasteiger partial charge in [0.05, 0.1) is 25.0 Å². The summed E-state index contributed by atoms with van der Waals surface area (Å²) in [7, 11) is 1.25. The average Bonchev–Trinajstić information content (AvgIpc) is 2.96. The summed E-state index contributed by atoms with van der Waals surface area (Å²) in [5.41, 5.74) is 0.882. The molecule has 2 N–H and O–H groups in total. The van der Waals surface area contributed by atoms with Gasteiger partial charge in [-0.15, -0.1) is 0 Å². The number of H-pyrrole nitrogens is 1. The van der Waals surface area contributed by atoms with Crippen molar-refractivity contribution in [3.8, 4) is 0 Å². The van der Waals surface area contributed by atoms with E-state index in [1.807, 2.05) is 13.8 Å². The van der Waals surface area contributed by atoms with Crippen LogP contribution in [0.5, 0.6) is 0 Å². The van der Waals surface area contributed by atoms with Gasteiger partial charge in [0.1, 0.15) is 11.5 Å². The van der Waals surface area contributed by atoms with E-state index in [9.17, 15) is 14.0 Å². The van der Waals surface area contributed by atoms with E-state index in [1.54, 1.807) is 0 Å². The fraction of sp³-hybridized carbons (Fsp3) is 0.474. The molecule has 8 heteroatoms. The van der Waals surface area contributed by atoms with Crippen LogP contribution in [0, 0.1) is 5.82 Å². The molecular formula is C19H24FN3O4. The van der Waals surface area contributed by atoms with Crippen LogP contribution < -0.4 is 5.32 Å². The van der Waals surface area contributed by atoms with Crippen molar-refractivity contribution in [1.29, 1.82) is 0 Å². The Hall–Kier alpha value is -2.45. The zero-order valence-electron chi connectivity index (χ0n) is 15.7. The Morgan fingerprint density at radius 1 is 1.33 bits per heavy atom. The van der Waals surface area contributed by atoms with E-state index in [0.717, 1.165) is 13.1 Å². The predicted octanol–water partition coefficient (Wildman–Crippen LogP) is 2.53. The first-order valence-electron chi connectivity index (χ1n) is 8.94. The van der Waals surface area contributed by atoms with Crippen LogP contribution in [0.4, 0.5) is 10.1 Å². The number of benzene rings is 1. The summed E-state index contributed by atoms with van der Waals surface area (Å²) in [5.74, 6) is -1.33. The van der Waals surface area contributed by atoms with Crippen molar-refractivity contribution < 1.29 is 23.5 Å². The number of amides is 1. The van der Waals surface area contributed by atoms with E-state index in [4.69, 9.17) is 9.47 Å². The number of carbonyl (C=O) groups excluding carboxylic acids is 2. The molecule has 1 amide bonds. The molecule has 1 fully saturated rings. The van der Waals surface area contributed by atoms with Crippen LogP contribution in [0.3, 0.4) is 0 Å². The lowest BCUT2D eigenvalue weighted by molar-refractivity contribution is -0.117. The number of aromatic amines is 1. The van der Waals surface area contributed by atoms with Crippen molar-refractivity contribution >= 4 is 28.5 Å². The quantitative estimate of drug-likeness (QED) is 0.783. The standard InChI is InChI=1S/C19H24FN3O4/c1-11-9-23(10-12(2)27-11)7-6-16(24)22-17-14-8-13(20)4-5-15(14)21-18(17)19(25)26-3/h4-5,8,11-12,21H,6-7,9-10H2,1-3H3,(H,22,24)/t11-,12+. The van der Waals surface area contributed by atoms with Gasteiger partial charge in [0.15, 0.2) is 0 Å². The highest BCUT2D eigenvalue weighted by molar-refractivity contribution is 6.10. The number of aromatic nitrogens is 1. The minimum atomic E-state index is -0.627. The molecule has 0 unspecified atom stereocenters. The Morgan fingerprint density at radius 2 is 2.04 bits per heavy atom. The lowest BCUT2D eigenvalue weighted by Crippen LogP contribution is -2.46. The lowest BCUT2D eigenvalue weighted by Gasteiger charge is -2.35. The summed E-state index contributed by atoms with van der Waals surface area (Å²) in [4.78, 5) is 29.6. The molecule has 0 saturated carbocycles. The van der Waals surface area contributed by atoms with Crippen molar-refractivity contribution in [2.45, 2.75) is 32.5 Å². The van der Waals surface area contributed by atoms with E-state index in [-0.39, 0.29) is 35.9 Å². The van der Waals surface area contributed by atoms with Crippen molar-refractivity contribution in [2.75, 3.05) is 32.1 Å². The maximum absolute atomic E-state index is 13.6. The summed E-state index contributed by atoms with van der Waals surface area (Å²) >= 11 is 0. The third kappa shape index (κ3) is 4.45. The van der Waals surface area contributed by atoms with Crippen molar-refractivity contribution in [2.24, 2.45) is 0 Å². The van der Waals surface area contributed by atoms with Crippen LogP contribution in [-0.2, 0) is 14.3 Å². The fourth-order valence-corrected chi connectivity index (χ4v) is 3.48. The van der Waals surface area contributed by atoms with Gasteiger partial charge in [0.25, 0.3) is 0 Å². The Balaban J connectivity index is 1.74. The number of nitrogens with zero attached hydrogens (tertiary/aromatic N) is 1. The van der Waals surface area contributed by atoms with Crippen molar-refractivity contribution in [3.05, 3.63) is 29.7 Å². The average molecular weight is 377 g/mol. The molecule has 7 nitrogen and oxygen atoms in total. The molecule has 2 heterocycles. The normalized spacial score (nSPS) is 20.6. The van der Waals surface area contributed by atoms with E-state index in [1.165, 1.54) is 25.3 Å². The summed E-state index contributed by atoms with van der Waals surface area (Å²) in [5, 5.41) is 3.17. The number of fused-ring (bicyclic) bond motifs is 1. The molecule has 146 valence electrons. The molecule has 1 saturated heterocycles. The number of ether oxygens (including phenoxy) is 2. The first kappa shape index (κ1) is 19.3. The number of hydrogen-bond donors (Lipinski definition) is 2. The van der Waals surface area contributed by atoms with E-state index < -0.39 is 11.8 Å². The molecular weight excluding hydrogens is 353 g/mol. The minimum absolute atomic E-state index is 0.0973. The topological polar surface area (TPSA) is 83.7 Å². The Kier molecular flexibility index (Phi) is 5.76. The molecule has 2 atom stereocenters. The third-order valence-corrected chi connectivity index (χ3v) is 4.56. The molecule has 1 aromatic carbocycles. The molecule has 0 radical (unpaired) electrons. The third-order valence-electron chi connectivity index (χ3n) is 4.56. The first-order chi connectivity index (χ1) is 12.9. The van der Waals surface area contributed by atoms with Crippen LogP contribution in [-0.4, -0.2) is 60.7 Å². The van der Waals surface area contributed by atoms with Crippen LogP contribution >= 0.6 is 0 Å². The molecule has 1 aromatic heterocycles. The van der Waals surface area contributed by atoms with Crippen LogP contribution in [0.15, 0.2) is 18.2 Å². The molecule has 27 heavy (non-hydrogen) atoms. The maximum atomic E-state index is 13.6. The summed E-state index contributed by atoms with van der Waals surface area (Å²) < 4.78 is 24.1. The predicted molar refractivity (Wildman–Crippen MR) is 99.3 cm³/mol. The van der Waals surface area contributed by atoms with Gasteiger partial charge in [-0.1, -0.05) is 0 Å². The summed E-state index contributed by atoms with van der Waals surface area (Å²) in [6.45, 7) is 6.12. The largest absolute Gasteiger partial charge is 0.464 e. The number of hydrogen-bond acceptors (Lipinski definition) is 5. The fourth-order valence-electron chi connectivity index (χ4n) is 3.48. The number of morpholine rings is 1. The highest BCUT2D eigenvalue weighted by atomic mass is 19.1. The van der Waals surface area contributed by atoms with Crippen molar-refractivity contribution in [3.63, 3.8) is 0 Å². The minimum Gasteiger partial charge on any atom is -0.464 e. The first-order valence-corrected chi connectivity index (χ1v) is 8.94. The number of rotatable bonds is 5. The number of nitrogens with one attached hydrogen (secondary N) is 2. The van der Waals surface area contributed by atoms with Gasteiger partial charge < -0.3 is 19.8 Å². The second-order valence-corrected chi connectivity index (χ2v) is 6.87. The van der Waals surface area contributed by atoms with Gasteiger partial charge in [0.2, 0.25) is 5.91 Å². The van der Waals surface area contributed by atoms with E-state index in [2.05, 4.69) is 15.2 Å². The second-order valence-electron chi connectivity index (χ2n) is 6.87. The van der Waals surface area contributed by atoms with E-state index >= 15 is 0 Å². The van der Waals surface area contributed by atoms with Gasteiger partial charge in [0, 0.05) is 37.0 Å². The van der Waals surface area contributed by atoms with Crippen LogP contribution in [0.1, 0.15) is 30.8 Å². The Morgan fingerprint density at radius 3 is 2.70 bits per heavy atom. The second kappa shape index (κ2) is 8.06. The lowest BCUT2D eigenvalue weighted by atomic mass is 10.2. The number of anilines is 1. The van der Waals surface area contributed by atoms with Gasteiger partial charge in [-0.05, 0) is 32.0 Å².